The van der Waals surface area contributed by atoms with Crippen molar-refractivity contribution in [3.05, 3.63) is 23.3 Å². The lowest BCUT2D eigenvalue weighted by Gasteiger charge is -2.08. The van der Waals surface area contributed by atoms with Crippen molar-refractivity contribution >= 4 is 17.4 Å². The van der Waals surface area contributed by atoms with Gasteiger partial charge in [0.25, 0.3) is 0 Å². The molecular weight excluding hydrogens is 180 g/mol. The van der Waals surface area contributed by atoms with Gasteiger partial charge in [-0.15, -0.1) is 0 Å². The Kier molecular flexibility index (Phi) is 3.21. The number of hydrogen-bond acceptors (Lipinski definition) is 3. The average Bonchev–Trinajstić information content (AvgIpc) is 2.09. The number of hydrogen-bond donors (Lipinski definition) is 1. The quantitative estimate of drug-likeness (QED) is 0.445. The van der Waals surface area contributed by atoms with Crippen LogP contribution in [0.5, 0.6) is 0 Å². The Morgan fingerprint density at radius 2 is 2.23 bits per heavy atom. The molecule has 0 aliphatic carbocycles. The summed E-state index contributed by atoms with van der Waals surface area (Å²) in [5.74, 6) is 0. The van der Waals surface area contributed by atoms with Gasteiger partial charge in [0.2, 0.25) is 0 Å². The summed E-state index contributed by atoms with van der Waals surface area (Å²) in [4.78, 5) is 1.05. The molecule has 0 fully saturated rings. The van der Waals surface area contributed by atoms with Gasteiger partial charge in [-0.3, -0.25) is 0 Å². The number of aryl methyl sites for hydroxylation is 2. The van der Waals surface area contributed by atoms with Gasteiger partial charge in [0.1, 0.15) is 5.40 Å². The van der Waals surface area contributed by atoms with E-state index in [1.807, 2.05) is 19.1 Å². The molecule has 0 aromatic heterocycles. The highest BCUT2D eigenvalue weighted by Crippen LogP contribution is 2.28. The Morgan fingerprint density at radius 1 is 1.54 bits per heavy atom. The second-order valence-corrected chi connectivity index (χ2v) is 3.67. The van der Waals surface area contributed by atoms with E-state index in [-0.39, 0.29) is 0 Å². The summed E-state index contributed by atoms with van der Waals surface area (Å²) >= 11 is 1.21. The first-order valence-electron chi connectivity index (χ1n) is 4.14. The zero-order valence-electron chi connectivity index (χ0n) is 7.79. The minimum absolute atomic E-state index is 0.775. The van der Waals surface area contributed by atoms with Crippen molar-refractivity contribution in [2.24, 2.45) is 0 Å². The minimum atomic E-state index is 0.775. The van der Waals surface area contributed by atoms with Crippen LogP contribution in [0.25, 0.3) is 0 Å². The number of nitrogen functional groups attached to an aromatic ring is 1. The van der Waals surface area contributed by atoms with Crippen molar-refractivity contribution < 1.29 is 0 Å². The molecule has 0 saturated carbocycles. The number of nitriles is 1. The summed E-state index contributed by atoms with van der Waals surface area (Å²) in [6.07, 6.45) is 0.913. The number of nitrogens with zero attached hydrogens (tertiary/aromatic N) is 1. The molecule has 13 heavy (non-hydrogen) atoms. The van der Waals surface area contributed by atoms with Crippen LogP contribution in [0.3, 0.4) is 0 Å². The molecule has 0 unspecified atom stereocenters. The molecule has 0 aliphatic heterocycles. The van der Waals surface area contributed by atoms with Crippen LogP contribution < -0.4 is 5.73 Å². The maximum atomic E-state index is 8.62. The van der Waals surface area contributed by atoms with E-state index in [0.717, 1.165) is 28.1 Å². The Labute approximate surface area is 82.7 Å². The minimum Gasteiger partial charge on any atom is -0.399 e. The molecule has 0 radical (unpaired) electrons. The molecule has 0 amide bonds. The Morgan fingerprint density at radius 3 is 2.77 bits per heavy atom. The van der Waals surface area contributed by atoms with Crippen LogP contribution in [0, 0.1) is 17.6 Å². The van der Waals surface area contributed by atoms with Gasteiger partial charge in [0.05, 0.1) is 0 Å². The van der Waals surface area contributed by atoms with Crippen molar-refractivity contribution in [2.45, 2.75) is 25.2 Å². The average molecular weight is 192 g/mol. The molecule has 68 valence electrons. The molecule has 0 saturated heterocycles. The molecule has 3 heteroatoms. The molecule has 1 aromatic rings. The van der Waals surface area contributed by atoms with Crippen LogP contribution >= 0.6 is 11.8 Å². The lowest BCUT2D eigenvalue weighted by Crippen LogP contribution is -1.93. The van der Waals surface area contributed by atoms with Gasteiger partial charge in [0.15, 0.2) is 0 Å². The van der Waals surface area contributed by atoms with Crippen LogP contribution in [0.1, 0.15) is 18.1 Å². The summed E-state index contributed by atoms with van der Waals surface area (Å²) in [7, 11) is 0. The van der Waals surface area contributed by atoms with Crippen LogP contribution in [-0.2, 0) is 6.42 Å². The molecule has 0 atom stereocenters. The number of thioether (sulfide) groups is 1. The van der Waals surface area contributed by atoms with Gasteiger partial charge in [-0.1, -0.05) is 6.92 Å². The SMILES string of the molecule is CCc1cc(N)cc(C)c1SC#N. The highest BCUT2D eigenvalue weighted by molar-refractivity contribution is 8.03. The van der Waals surface area contributed by atoms with Gasteiger partial charge < -0.3 is 5.73 Å². The van der Waals surface area contributed by atoms with E-state index in [1.165, 1.54) is 11.8 Å². The van der Waals surface area contributed by atoms with E-state index in [0.29, 0.717) is 0 Å². The van der Waals surface area contributed by atoms with Crippen molar-refractivity contribution in [2.75, 3.05) is 5.73 Å². The third-order valence-electron chi connectivity index (χ3n) is 1.90. The third-order valence-corrected chi connectivity index (χ3v) is 2.78. The Bertz CT molecular complexity index is 353. The summed E-state index contributed by atoms with van der Waals surface area (Å²) in [5.41, 5.74) is 8.73. The molecule has 0 bridgehead atoms. The molecule has 2 nitrogen and oxygen atoms in total. The number of rotatable bonds is 2. The van der Waals surface area contributed by atoms with E-state index in [4.69, 9.17) is 11.0 Å². The normalized spacial score (nSPS) is 9.62. The summed E-state index contributed by atoms with van der Waals surface area (Å²) in [5, 5.41) is 10.7. The summed E-state index contributed by atoms with van der Waals surface area (Å²) in [6, 6.07) is 3.84. The zero-order valence-corrected chi connectivity index (χ0v) is 8.61. The fraction of sp³-hybridized carbons (Fsp3) is 0.300. The molecule has 0 aliphatic rings. The van der Waals surface area contributed by atoms with E-state index in [2.05, 4.69) is 12.3 Å². The van der Waals surface area contributed by atoms with Gasteiger partial charge in [-0.2, -0.15) is 5.26 Å². The van der Waals surface area contributed by atoms with Crippen molar-refractivity contribution in [1.82, 2.24) is 0 Å². The van der Waals surface area contributed by atoms with Crippen LogP contribution in [0.4, 0.5) is 5.69 Å². The largest absolute Gasteiger partial charge is 0.399 e. The first-order chi connectivity index (χ1) is 6.19. The van der Waals surface area contributed by atoms with E-state index in [9.17, 15) is 0 Å². The van der Waals surface area contributed by atoms with Crippen LogP contribution in [-0.4, -0.2) is 0 Å². The molecule has 0 spiro atoms. The molecule has 0 heterocycles. The number of anilines is 1. The fourth-order valence-electron chi connectivity index (χ4n) is 1.33. The summed E-state index contributed by atoms with van der Waals surface area (Å²) < 4.78 is 0. The second kappa shape index (κ2) is 4.20. The van der Waals surface area contributed by atoms with Gasteiger partial charge >= 0.3 is 0 Å². The second-order valence-electron chi connectivity index (χ2n) is 2.87. The lowest BCUT2D eigenvalue weighted by molar-refractivity contribution is 1.06. The fourth-order valence-corrected chi connectivity index (χ4v) is 1.98. The summed E-state index contributed by atoms with van der Waals surface area (Å²) in [6.45, 7) is 4.05. The van der Waals surface area contributed by atoms with E-state index >= 15 is 0 Å². The van der Waals surface area contributed by atoms with Crippen molar-refractivity contribution in [3.63, 3.8) is 0 Å². The highest BCUT2D eigenvalue weighted by Gasteiger charge is 2.05. The van der Waals surface area contributed by atoms with Crippen LogP contribution in [0.15, 0.2) is 17.0 Å². The third kappa shape index (κ3) is 2.16. The maximum Gasteiger partial charge on any atom is 0.138 e. The smallest absolute Gasteiger partial charge is 0.138 e. The van der Waals surface area contributed by atoms with Gasteiger partial charge in [0, 0.05) is 10.6 Å². The first-order valence-corrected chi connectivity index (χ1v) is 4.95. The van der Waals surface area contributed by atoms with Gasteiger partial charge in [-0.05, 0) is 48.4 Å². The predicted molar refractivity (Wildman–Crippen MR) is 56.4 cm³/mol. The van der Waals surface area contributed by atoms with Crippen LogP contribution in [0.2, 0.25) is 0 Å². The molecule has 1 aromatic carbocycles. The zero-order chi connectivity index (χ0) is 9.84. The molecule has 1 rings (SSSR count). The monoisotopic (exact) mass is 192 g/mol. The molecular formula is C10H12N2S. The van der Waals surface area contributed by atoms with Crippen molar-refractivity contribution in [1.29, 1.82) is 5.26 Å². The number of benzene rings is 1. The van der Waals surface area contributed by atoms with E-state index in [1.54, 1.807) is 0 Å². The predicted octanol–water partition coefficient (Wildman–Crippen LogP) is 2.71. The van der Waals surface area contributed by atoms with Gasteiger partial charge in [-0.25, -0.2) is 0 Å². The molecule has 2 N–H and O–H groups in total. The first kappa shape index (κ1) is 9.94. The Balaban J connectivity index is 3.23. The topological polar surface area (TPSA) is 49.8 Å². The van der Waals surface area contributed by atoms with Crippen molar-refractivity contribution in [3.8, 4) is 5.40 Å². The number of nitrogens with two attached hydrogens (primary N) is 1. The lowest BCUT2D eigenvalue weighted by atomic mass is 10.1. The highest BCUT2D eigenvalue weighted by atomic mass is 32.2. The van der Waals surface area contributed by atoms with E-state index < -0.39 is 0 Å². The maximum absolute atomic E-state index is 8.62. The Hall–Kier alpha value is -1.14. The standard InChI is InChI=1S/C10H12N2S/c1-3-8-5-9(12)4-7(2)10(8)13-6-11/h4-5H,3,12H2,1-2H3. The number of thiocyanates is 1.